The second-order valence-electron chi connectivity index (χ2n) is 3.30. The summed E-state index contributed by atoms with van der Waals surface area (Å²) in [6, 6.07) is 0.591. The first-order valence-electron chi connectivity index (χ1n) is 4.70. The molecule has 0 saturated carbocycles. The molecule has 1 unspecified atom stereocenters. The van der Waals surface area contributed by atoms with Crippen molar-refractivity contribution in [3.63, 3.8) is 0 Å². The van der Waals surface area contributed by atoms with E-state index in [4.69, 9.17) is 1.37 Å². The van der Waals surface area contributed by atoms with E-state index in [1.807, 2.05) is 6.92 Å². The molecule has 0 bridgehead atoms. The summed E-state index contributed by atoms with van der Waals surface area (Å²) in [6.07, 6.45) is 1.67. The van der Waals surface area contributed by atoms with E-state index in [0.29, 0.717) is 11.4 Å². The third-order valence-electron chi connectivity index (χ3n) is 2.52. The lowest BCUT2D eigenvalue weighted by Gasteiger charge is -2.15. The third kappa shape index (κ3) is 0.963. The smallest absolute Gasteiger partial charge is 0.188 e. The predicted molar refractivity (Wildman–Crippen MR) is 51.2 cm³/mol. The van der Waals surface area contributed by atoms with E-state index in [1.165, 1.54) is 0 Å². The molecule has 0 amide bonds. The maximum atomic E-state index is 11.9. The molecule has 0 aliphatic carbocycles. The fraction of sp³-hybridized carbons (Fsp3) is 0.400. The fourth-order valence-electron chi connectivity index (χ4n) is 1.57. The summed E-state index contributed by atoms with van der Waals surface area (Å²) in [6.45, 7) is 3.46. The van der Waals surface area contributed by atoms with Gasteiger partial charge in [0.15, 0.2) is 5.78 Å². The number of pyridine rings is 1. The van der Waals surface area contributed by atoms with Crippen LogP contribution in [0.4, 0.5) is 5.82 Å². The molecule has 0 aromatic carbocycles. The molecule has 0 N–H and O–H groups in total. The number of Topliss-reactive ketones (excluding diaryl/α,β-unsaturated/α-hetero) is 1. The van der Waals surface area contributed by atoms with Gasteiger partial charge in [-0.25, -0.2) is 4.98 Å². The predicted octanol–water partition coefficient (Wildman–Crippen LogP) is 1.41. The molecule has 1 atom stereocenters. The quantitative estimate of drug-likeness (QED) is 0.602. The number of rotatable bonds is 0. The summed E-state index contributed by atoms with van der Waals surface area (Å²) in [5.41, 5.74) is 1.48. The minimum atomic E-state index is -1.21. The Morgan fingerprint density at radius 2 is 2.38 bits per heavy atom. The van der Waals surface area contributed by atoms with Crippen molar-refractivity contribution < 1.29 is 6.17 Å². The molecule has 1 aromatic heterocycles. The van der Waals surface area contributed by atoms with Crippen molar-refractivity contribution in [2.45, 2.75) is 19.9 Å². The molecule has 0 fully saturated rings. The Balaban J connectivity index is 2.71. The number of anilines is 1. The van der Waals surface area contributed by atoms with Crippen LogP contribution in [0.15, 0.2) is 12.3 Å². The Kier molecular flexibility index (Phi) is 1.39. The molecule has 2 heterocycles. The molecule has 0 saturated heterocycles. The van der Waals surface area contributed by atoms with Gasteiger partial charge < -0.3 is 4.90 Å². The molecule has 0 radical (unpaired) electrons. The second-order valence-corrected chi connectivity index (χ2v) is 3.30. The SMILES string of the molecule is [3H]C1(C)C(=O)c2c(C)ccnc2N1C. The molecule has 13 heavy (non-hydrogen) atoms. The summed E-state index contributed by atoms with van der Waals surface area (Å²) in [7, 11) is 1.73. The number of carbonyl (C=O) groups excluding carboxylic acids is 1. The van der Waals surface area contributed by atoms with E-state index in [1.54, 1.807) is 31.1 Å². The van der Waals surface area contributed by atoms with Crippen LogP contribution in [0.2, 0.25) is 0 Å². The molecule has 1 aliphatic heterocycles. The van der Waals surface area contributed by atoms with E-state index in [0.717, 1.165) is 5.56 Å². The molecule has 1 aliphatic rings. The summed E-state index contributed by atoms with van der Waals surface area (Å²) in [5, 5.41) is 0. The largest absolute Gasteiger partial charge is 0.349 e. The summed E-state index contributed by atoms with van der Waals surface area (Å²) < 4.78 is 7.92. The molecule has 0 spiro atoms. The zero-order valence-electron chi connectivity index (χ0n) is 8.96. The molecule has 3 nitrogen and oxygen atoms in total. The van der Waals surface area contributed by atoms with E-state index >= 15 is 0 Å². The number of hydrogen-bond donors (Lipinski definition) is 0. The van der Waals surface area contributed by atoms with E-state index in [9.17, 15) is 4.79 Å². The monoisotopic (exact) mass is 178 g/mol. The lowest BCUT2D eigenvalue weighted by atomic mass is 10.1. The van der Waals surface area contributed by atoms with Crippen molar-refractivity contribution in [3.05, 3.63) is 23.4 Å². The van der Waals surface area contributed by atoms with Crippen LogP contribution in [-0.2, 0) is 0 Å². The van der Waals surface area contributed by atoms with Crippen molar-refractivity contribution in [1.29, 1.82) is 0 Å². The highest BCUT2D eigenvalue weighted by Crippen LogP contribution is 2.30. The van der Waals surface area contributed by atoms with Crippen LogP contribution in [0.3, 0.4) is 0 Å². The Labute approximate surface area is 78.8 Å². The van der Waals surface area contributed by atoms with Crippen LogP contribution in [0, 0.1) is 6.92 Å². The van der Waals surface area contributed by atoms with E-state index < -0.39 is 6.02 Å². The number of hydrogen-bond acceptors (Lipinski definition) is 3. The van der Waals surface area contributed by atoms with Crippen LogP contribution >= 0.6 is 0 Å². The summed E-state index contributed by atoms with van der Waals surface area (Å²) in [5.74, 6) is 0.452. The van der Waals surface area contributed by atoms with Crippen LogP contribution in [0.25, 0.3) is 0 Å². The minimum Gasteiger partial charge on any atom is -0.349 e. The normalized spacial score (nSPS) is 27.5. The van der Waals surface area contributed by atoms with Crippen LogP contribution in [0.1, 0.15) is 24.2 Å². The highest BCUT2D eigenvalue weighted by molar-refractivity contribution is 6.10. The number of fused-ring (bicyclic) bond motifs is 1. The highest BCUT2D eigenvalue weighted by atomic mass is 16.1. The Morgan fingerprint density at radius 1 is 1.69 bits per heavy atom. The van der Waals surface area contributed by atoms with Gasteiger partial charge in [0.05, 0.1) is 13.0 Å². The van der Waals surface area contributed by atoms with Gasteiger partial charge in [-0.1, -0.05) is 0 Å². The molecule has 1 aromatic rings. The second kappa shape index (κ2) is 2.55. The van der Waals surface area contributed by atoms with E-state index in [2.05, 4.69) is 4.98 Å². The first-order valence-corrected chi connectivity index (χ1v) is 4.20. The zero-order valence-corrected chi connectivity index (χ0v) is 7.96. The molecule has 68 valence electrons. The number of ketones is 1. The number of aryl methyl sites for hydroxylation is 1. The lowest BCUT2D eigenvalue weighted by Crippen LogP contribution is -2.28. The lowest BCUT2D eigenvalue weighted by molar-refractivity contribution is 0.0978. The van der Waals surface area contributed by atoms with E-state index in [-0.39, 0.29) is 5.78 Å². The van der Waals surface area contributed by atoms with Crippen molar-refractivity contribution in [2.24, 2.45) is 0 Å². The average Bonchev–Trinajstić information content (AvgIpc) is 2.30. The van der Waals surface area contributed by atoms with Crippen molar-refractivity contribution in [3.8, 4) is 0 Å². The van der Waals surface area contributed by atoms with Gasteiger partial charge in [-0.2, -0.15) is 0 Å². The number of carbonyl (C=O) groups is 1. The first-order chi connectivity index (χ1) is 6.46. The van der Waals surface area contributed by atoms with Gasteiger partial charge in [0.25, 0.3) is 0 Å². The number of nitrogens with zero attached hydrogens (tertiary/aromatic N) is 2. The Hall–Kier alpha value is -1.38. The van der Waals surface area contributed by atoms with Gasteiger partial charge in [0.1, 0.15) is 5.82 Å². The third-order valence-corrected chi connectivity index (χ3v) is 2.52. The zero-order chi connectivity index (χ0) is 10.5. The van der Waals surface area contributed by atoms with Crippen molar-refractivity contribution in [2.75, 3.05) is 11.9 Å². The maximum absolute atomic E-state index is 11.9. The maximum Gasteiger partial charge on any atom is 0.188 e. The van der Waals surface area contributed by atoms with Gasteiger partial charge in [-0.3, -0.25) is 4.79 Å². The molecular formula is C10H12N2O. The molecular weight excluding hydrogens is 164 g/mol. The van der Waals surface area contributed by atoms with Crippen LogP contribution in [0.5, 0.6) is 0 Å². The standard InChI is InChI=1S/C10H12N2O/c1-6-4-5-11-10-8(6)9(13)7(2)12(10)3/h4-5,7H,1-3H3/i7T. The van der Waals surface area contributed by atoms with Crippen molar-refractivity contribution >= 4 is 11.6 Å². The minimum absolute atomic E-state index is 0.166. The van der Waals surface area contributed by atoms with Gasteiger partial charge in [-0.05, 0) is 25.5 Å². The van der Waals surface area contributed by atoms with Crippen LogP contribution < -0.4 is 4.90 Å². The average molecular weight is 178 g/mol. The topological polar surface area (TPSA) is 33.2 Å². The number of likely N-dealkylation sites (N-methyl/N-ethyl adjacent to an activating group) is 1. The summed E-state index contributed by atoms with van der Waals surface area (Å²) in [4.78, 5) is 17.6. The molecule has 2 rings (SSSR count). The van der Waals surface area contributed by atoms with Crippen molar-refractivity contribution in [1.82, 2.24) is 4.98 Å². The van der Waals surface area contributed by atoms with Gasteiger partial charge in [-0.15, -0.1) is 0 Å². The van der Waals surface area contributed by atoms with Gasteiger partial charge in [0, 0.05) is 13.2 Å². The first kappa shape index (κ1) is 7.06. The summed E-state index contributed by atoms with van der Waals surface area (Å²) >= 11 is 0. The highest BCUT2D eigenvalue weighted by Gasteiger charge is 2.33. The Bertz CT molecular complexity index is 415. The van der Waals surface area contributed by atoms with Crippen LogP contribution in [-0.4, -0.2) is 23.8 Å². The van der Waals surface area contributed by atoms with Gasteiger partial charge >= 0.3 is 0 Å². The molecule has 3 heteroatoms. The van der Waals surface area contributed by atoms with Gasteiger partial charge in [0.2, 0.25) is 0 Å². The Morgan fingerprint density at radius 3 is 3.00 bits per heavy atom. The number of aromatic nitrogens is 1. The fourth-order valence-corrected chi connectivity index (χ4v) is 1.57.